The molecule has 0 unspecified atom stereocenters. The first-order chi connectivity index (χ1) is 68.6. The summed E-state index contributed by atoms with van der Waals surface area (Å²) in [6, 6.07) is 57.3. The fraction of sp³-hybridized carbons (Fsp3) is 0.327. The van der Waals surface area contributed by atoms with Crippen LogP contribution in [-0.4, -0.2) is 227 Å². The number of amides is 4. The number of nitrogens with two attached hydrogens (primary N) is 1. The second-order valence-corrected chi connectivity index (χ2v) is 44.1. The summed E-state index contributed by atoms with van der Waals surface area (Å²) < 4.78 is 103. The molecule has 5 fully saturated rings. The van der Waals surface area contributed by atoms with Gasteiger partial charge in [0.05, 0.1) is 96.8 Å². The number of sulfonamides is 4. The molecule has 8 aromatic carbocycles. The highest BCUT2D eigenvalue weighted by Gasteiger charge is 2.42. The number of para-hydroxylation sites is 4. The van der Waals surface area contributed by atoms with Crippen LogP contribution >= 0.6 is 0 Å². The van der Waals surface area contributed by atoms with Gasteiger partial charge in [0.15, 0.2) is 23.3 Å². The lowest BCUT2D eigenvalue weighted by molar-refractivity contribution is 0.0986. The molecule has 21 rings (SSSR count). The lowest BCUT2D eigenvalue weighted by atomic mass is 10.1. The fourth-order valence-corrected chi connectivity index (χ4v) is 23.4. The molecule has 3 aliphatic carbocycles. The Labute approximate surface area is 831 Å². The standard InChI is InChI=1S/C28H33N7O3S.C28H32N6O4S.C23H24N6O3S.C22H24N6O3S/c1-32-15-17-34(18-16-32)39(37,38)22-13-11-20(12-14-22)30-28-29-19-25-26(31-28)35(21-7-3-4-8-21)24-10-6-5-9-23(24)27(36)33(25)2;1-32-25-18-29-28(30-19-10-12-22(13-11-19)39(37,38)33-16-14-21(35)15-17-33)31-26(25)34(20-6-2-3-7-20)24-9-5-4-8-23(24)27(32)36;1-28-20-14-25-23(26-15-10-12-17(13-11-15)33(24,31)32)27-21(20)29(16-6-2-3-7-16)19-9-5-4-8-18(19)22(28)30;1-14(2)28-18-8-6-5-7-17(18)21(29)27(3)19-13-23-22(25-20(19)28)24-15-9-11-16(12-10-15)26-32(4,30)31/h5-6,9-14,19,21H,3-4,7-8,15-18H2,1-2H3,(H,29,30,31);4-5,8-13,18,20-21,35H,2-3,6-7,14-17H2,1H3,(H,29,30,31);4-5,8-14,16H,2-3,6-7H2,1H3,(H2,24,31,32)(H,25,26,27);5-14,26H,1-4H3,(H,23,24,25). The number of likely N-dealkylation sites (N-methyl/N-ethyl adjacent to an activating group) is 1. The first-order valence-corrected chi connectivity index (χ1v) is 53.9. The van der Waals surface area contributed by atoms with Crippen LogP contribution in [0.1, 0.15) is 145 Å². The van der Waals surface area contributed by atoms with Gasteiger partial charge >= 0.3 is 0 Å². The van der Waals surface area contributed by atoms with E-state index in [1.165, 1.54) is 20.7 Å². The van der Waals surface area contributed by atoms with Gasteiger partial charge in [0, 0.05) is 120 Å². The molecule has 0 spiro atoms. The first-order valence-electron chi connectivity index (χ1n) is 47.6. The second-order valence-electron chi connectivity index (χ2n) is 36.9. The van der Waals surface area contributed by atoms with Crippen molar-refractivity contribution >= 4 is 185 Å². The highest BCUT2D eigenvalue weighted by atomic mass is 32.2. The van der Waals surface area contributed by atoms with Crippen molar-refractivity contribution in [1.29, 1.82) is 0 Å². The Balaban J connectivity index is 0.000000126. The van der Waals surface area contributed by atoms with E-state index in [0.717, 1.165) is 119 Å². The number of carbonyl (C=O) groups excluding carboxylic acids is 4. The van der Waals surface area contributed by atoms with Gasteiger partial charge in [-0.1, -0.05) is 87.1 Å². The summed E-state index contributed by atoms with van der Waals surface area (Å²) in [5.74, 6) is 3.68. The van der Waals surface area contributed by atoms with E-state index in [1.54, 1.807) is 158 Å². The number of hydrogen-bond acceptors (Lipinski definition) is 30. The molecule has 0 bridgehead atoms. The molecule has 12 aromatic rings. The van der Waals surface area contributed by atoms with Crippen LogP contribution in [0.3, 0.4) is 0 Å². The van der Waals surface area contributed by atoms with Gasteiger partial charge in [-0.3, -0.25) is 23.9 Å². The zero-order chi connectivity index (χ0) is 101. The minimum absolute atomic E-state index is 0.0278. The Morgan fingerprint density at radius 3 is 0.923 bits per heavy atom. The molecule has 9 aliphatic rings. The van der Waals surface area contributed by atoms with E-state index in [-0.39, 0.29) is 62.5 Å². The van der Waals surface area contributed by atoms with E-state index < -0.39 is 46.2 Å². The number of rotatable bonds is 19. The van der Waals surface area contributed by atoms with Gasteiger partial charge in [0.2, 0.25) is 63.9 Å². The molecular formula is C101H113N25O13S4. The molecule has 10 heterocycles. The Morgan fingerprint density at radius 1 is 0.336 bits per heavy atom. The normalized spacial score (nSPS) is 17.2. The van der Waals surface area contributed by atoms with Gasteiger partial charge < -0.3 is 70.5 Å². The smallest absolute Gasteiger partial charge is 0.260 e. The summed E-state index contributed by atoms with van der Waals surface area (Å²) in [5.41, 5.74) is 11.5. The number of piperazine rings is 1. The topological polar surface area (TPSA) is 450 Å². The number of hydrogen-bond donors (Lipinski definition) is 7. The number of anilines is 21. The van der Waals surface area contributed by atoms with Gasteiger partial charge in [-0.05, 0) is 218 Å². The summed E-state index contributed by atoms with van der Waals surface area (Å²) in [4.78, 5) is 108. The monoisotopic (exact) mass is 2010 g/mol. The fourth-order valence-electron chi connectivity index (χ4n) is 19.5. The van der Waals surface area contributed by atoms with E-state index in [4.69, 9.17) is 25.1 Å². The molecule has 143 heavy (non-hydrogen) atoms. The van der Waals surface area contributed by atoms with Crippen LogP contribution in [-0.2, 0) is 40.1 Å². The summed E-state index contributed by atoms with van der Waals surface area (Å²) in [5, 5.41) is 27.6. The van der Waals surface area contributed by atoms with Crippen molar-refractivity contribution in [2.75, 3.05) is 146 Å². The van der Waals surface area contributed by atoms with Crippen LogP contribution in [0.5, 0.6) is 0 Å². The number of nitrogens with zero attached hydrogens (tertiary/aromatic N) is 19. The van der Waals surface area contributed by atoms with Crippen LogP contribution < -0.4 is 70.3 Å². The zero-order valence-corrected chi connectivity index (χ0v) is 83.6. The number of primary sulfonamides is 1. The van der Waals surface area contributed by atoms with Crippen molar-refractivity contribution < 1.29 is 58.0 Å². The number of fused-ring (bicyclic) bond motifs is 8. The second kappa shape index (κ2) is 41.4. The number of benzene rings is 8. The summed E-state index contributed by atoms with van der Waals surface area (Å²) in [6.07, 6.45) is 21.1. The van der Waals surface area contributed by atoms with E-state index in [9.17, 15) is 58.0 Å². The van der Waals surface area contributed by atoms with Crippen LogP contribution in [0.25, 0.3) is 0 Å². The van der Waals surface area contributed by atoms with Gasteiger partial charge in [0.25, 0.3) is 23.6 Å². The first kappa shape index (κ1) is 98.9. The Kier molecular flexibility index (Phi) is 28.6. The largest absolute Gasteiger partial charge is 0.393 e. The summed E-state index contributed by atoms with van der Waals surface area (Å²) in [7, 11) is -5.34. The van der Waals surface area contributed by atoms with Crippen molar-refractivity contribution in [1.82, 2.24) is 53.4 Å². The lowest BCUT2D eigenvalue weighted by Gasteiger charge is -2.31. The third-order valence-corrected chi connectivity index (χ3v) is 32.4. The average molecular weight is 2010 g/mol. The van der Waals surface area contributed by atoms with Crippen LogP contribution in [0.4, 0.5) is 121 Å². The molecule has 42 heteroatoms. The van der Waals surface area contributed by atoms with Crippen LogP contribution in [0.15, 0.2) is 234 Å². The van der Waals surface area contributed by atoms with Crippen molar-refractivity contribution in [2.45, 2.75) is 149 Å². The third-order valence-electron chi connectivity index (χ3n) is 27.0. The minimum Gasteiger partial charge on any atom is -0.393 e. The third kappa shape index (κ3) is 21.1. The van der Waals surface area contributed by atoms with E-state index >= 15 is 0 Å². The molecule has 0 radical (unpaired) electrons. The van der Waals surface area contributed by atoms with Gasteiger partial charge in [-0.15, -0.1) is 0 Å². The summed E-state index contributed by atoms with van der Waals surface area (Å²) in [6.45, 7) is 7.11. The van der Waals surface area contributed by atoms with Crippen molar-refractivity contribution in [3.05, 3.63) is 241 Å². The minimum atomic E-state index is -3.77. The Morgan fingerprint density at radius 2 is 0.608 bits per heavy atom. The van der Waals surface area contributed by atoms with Crippen molar-refractivity contribution in [3.8, 4) is 0 Å². The van der Waals surface area contributed by atoms with Gasteiger partial charge in [-0.2, -0.15) is 28.5 Å². The predicted molar refractivity (Wildman–Crippen MR) is 554 cm³/mol. The number of nitrogens with one attached hydrogen (secondary N) is 5. The average Bonchev–Trinajstić information content (AvgIpc) is 1.62. The molecule has 8 N–H and O–H groups in total. The Bertz CT molecular complexity index is 7050. The lowest BCUT2D eigenvalue weighted by Crippen LogP contribution is -2.46. The maximum Gasteiger partial charge on any atom is 0.260 e. The molecule has 0 atom stereocenters. The predicted octanol–water partition coefficient (Wildman–Crippen LogP) is 15.1. The van der Waals surface area contributed by atoms with E-state index in [2.05, 4.69) is 65.5 Å². The maximum atomic E-state index is 13.4. The quantitative estimate of drug-likeness (QED) is 0.0395. The van der Waals surface area contributed by atoms with Gasteiger partial charge in [0.1, 0.15) is 22.7 Å². The maximum absolute atomic E-state index is 13.4. The molecule has 2 saturated heterocycles. The van der Waals surface area contributed by atoms with E-state index in [0.29, 0.717) is 160 Å². The SMILES string of the molecule is CC(C)N1c2ccccc2C(=O)N(C)c2cnc(Nc3ccc(NS(C)(=O)=O)cc3)nc21.CN1C(=O)c2ccccc2N(C2CCCC2)c2nc(Nc3ccc(S(=O)(=O)N4CCC(O)CC4)cc3)ncc21.CN1C(=O)c2ccccc2N(C2CCCC2)c2nc(Nc3ccc(S(N)(=O)=O)cc3)ncc21.CN1CCN(S(=O)(=O)c2ccc(Nc3ncc4c(n3)N(C3CCCC3)c3ccccc3C(=O)N4C)cc2)CC1. The zero-order valence-electron chi connectivity index (χ0n) is 80.4. The number of carbonyl (C=O) groups is 4. The van der Waals surface area contributed by atoms with Crippen molar-refractivity contribution in [2.24, 2.45) is 5.14 Å². The number of aromatic nitrogens is 8. The van der Waals surface area contributed by atoms with Crippen LogP contribution in [0, 0.1) is 0 Å². The molecule has 38 nitrogen and oxygen atoms in total. The Hall–Kier alpha value is -14.2. The molecule has 744 valence electrons. The molecule has 4 amide bonds. The van der Waals surface area contributed by atoms with E-state index in [1.807, 2.05) is 123 Å². The number of aliphatic hydroxyl groups is 1. The molecule has 6 aliphatic heterocycles. The number of aliphatic hydroxyl groups excluding tert-OH is 1. The molecule has 4 aromatic heterocycles. The van der Waals surface area contributed by atoms with Crippen LogP contribution in [0.2, 0.25) is 0 Å². The molecular weight excluding hydrogens is 1900 g/mol. The highest BCUT2D eigenvalue weighted by Crippen LogP contribution is 2.49. The molecule has 3 saturated carbocycles. The van der Waals surface area contributed by atoms with Crippen molar-refractivity contribution in [3.63, 3.8) is 0 Å². The highest BCUT2D eigenvalue weighted by molar-refractivity contribution is 7.92. The summed E-state index contributed by atoms with van der Waals surface area (Å²) >= 11 is 0. The van der Waals surface area contributed by atoms with Gasteiger partial charge in [-0.25, -0.2) is 58.7 Å². The number of piperidine rings is 1.